The van der Waals surface area contributed by atoms with Crippen LogP contribution >= 0.6 is 0 Å². The Kier molecular flexibility index (Phi) is 5.93. The van der Waals surface area contributed by atoms with Crippen molar-refractivity contribution >= 4 is 0 Å². The average Bonchev–Trinajstić information content (AvgIpc) is 1.85. The number of aliphatic hydroxyl groups excluding tert-OH is 2. The predicted octanol–water partition coefficient (Wildman–Crippen LogP) is -0.234. The molecular weight excluding hydrogens is 120 g/mol. The fraction of sp³-hybridized carbons (Fsp3) is 1.00. The van der Waals surface area contributed by atoms with Gasteiger partial charge in [-0.3, -0.25) is 0 Å². The lowest BCUT2D eigenvalue weighted by Crippen LogP contribution is -2.12. The highest BCUT2D eigenvalue weighted by molar-refractivity contribution is 4.46. The standard InChI is InChI=1S/C6H14O3/c1-6(2-3-7)9-5-4-8/h6-8H,2-5H2,1H3/t6-/m0/s1. The molecule has 0 rings (SSSR count). The summed E-state index contributed by atoms with van der Waals surface area (Å²) in [5.74, 6) is 0. The van der Waals surface area contributed by atoms with Gasteiger partial charge in [0.05, 0.1) is 19.3 Å². The van der Waals surface area contributed by atoms with Gasteiger partial charge in [0.15, 0.2) is 0 Å². The van der Waals surface area contributed by atoms with Crippen molar-refractivity contribution in [1.82, 2.24) is 0 Å². The molecule has 0 saturated carbocycles. The summed E-state index contributed by atoms with van der Waals surface area (Å²) >= 11 is 0. The maximum atomic E-state index is 8.39. The topological polar surface area (TPSA) is 49.7 Å². The summed E-state index contributed by atoms with van der Waals surface area (Å²) in [5, 5.41) is 16.7. The van der Waals surface area contributed by atoms with E-state index >= 15 is 0 Å². The summed E-state index contributed by atoms with van der Waals surface area (Å²) in [7, 11) is 0. The van der Waals surface area contributed by atoms with Crippen LogP contribution in [-0.2, 0) is 4.74 Å². The molecule has 0 radical (unpaired) electrons. The second-order valence-corrected chi connectivity index (χ2v) is 1.92. The molecule has 56 valence electrons. The van der Waals surface area contributed by atoms with Gasteiger partial charge < -0.3 is 14.9 Å². The lowest BCUT2D eigenvalue weighted by atomic mass is 10.3. The van der Waals surface area contributed by atoms with E-state index in [2.05, 4.69) is 0 Å². The predicted molar refractivity (Wildman–Crippen MR) is 34.2 cm³/mol. The Morgan fingerprint density at radius 3 is 2.44 bits per heavy atom. The first-order valence-corrected chi connectivity index (χ1v) is 3.14. The van der Waals surface area contributed by atoms with Crippen molar-refractivity contribution in [3.05, 3.63) is 0 Å². The van der Waals surface area contributed by atoms with Crippen molar-refractivity contribution < 1.29 is 14.9 Å². The van der Waals surface area contributed by atoms with Gasteiger partial charge in [-0.25, -0.2) is 0 Å². The zero-order chi connectivity index (χ0) is 7.11. The Hall–Kier alpha value is -0.120. The van der Waals surface area contributed by atoms with Gasteiger partial charge in [0, 0.05) is 6.61 Å². The van der Waals surface area contributed by atoms with Crippen LogP contribution in [0.1, 0.15) is 13.3 Å². The smallest absolute Gasteiger partial charge is 0.0701 e. The van der Waals surface area contributed by atoms with Crippen LogP contribution in [0.2, 0.25) is 0 Å². The first-order chi connectivity index (χ1) is 4.31. The molecule has 0 aliphatic rings. The molecule has 0 fully saturated rings. The SMILES string of the molecule is C[C@@H](CCO)OCCO. The zero-order valence-corrected chi connectivity index (χ0v) is 5.71. The summed E-state index contributed by atoms with van der Waals surface area (Å²) in [6.45, 7) is 2.43. The van der Waals surface area contributed by atoms with E-state index in [0.717, 1.165) is 0 Å². The van der Waals surface area contributed by atoms with E-state index in [1.807, 2.05) is 6.92 Å². The molecule has 1 atom stereocenters. The van der Waals surface area contributed by atoms with Crippen molar-refractivity contribution in [3.63, 3.8) is 0 Å². The van der Waals surface area contributed by atoms with Gasteiger partial charge in [-0.15, -0.1) is 0 Å². The zero-order valence-electron chi connectivity index (χ0n) is 5.71. The highest BCUT2D eigenvalue weighted by atomic mass is 16.5. The molecule has 0 aromatic rings. The minimum atomic E-state index is 0.0514. The highest BCUT2D eigenvalue weighted by Gasteiger charge is 1.98. The monoisotopic (exact) mass is 134 g/mol. The van der Waals surface area contributed by atoms with E-state index in [0.29, 0.717) is 13.0 Å². The molecule has 0 aliphatic heterocycles. The molecule has 3 nitrogen and oxygen atoms in total. The summed E-state index contributed by atoms with van der Waals surface area (Å²) in [4.78, 5) is 0. The van der Waals surface area contributed by atoms with Gasteiger partial charge in [-0.2, -0.15) is 0 Å². The third-order valence-corrected chi connectivity index (χ3v) is 1.03. The molecule has 0 heterocycles. The summed E-state index contributed by atoms with van der Waals surface area (Å²) in [5.41, 5.74) is 0. The van der Waals surface area contributed by atoms with Crippen molar-refractivity contribution in [2.24, 2.45) is 0 Å². The number of hydrogen-bond acceptors (Lipinski definition) is 3. The lowest BCUT2D eigenvalue weighted by Gasteiger charge is -2.08. The van der Waals surface area contributed by atoms with Gasteiger partial charge in [-0.1, -0.05) is 0 Å². The normalized spacial score (nSPS) is 13.7. The Balaban J connectivity index is 2.95. The van der Waals surface area contributed by atoms with Crippen LogP contribution in [0.25, 0.3) is 0 Å². The molecule has 3 heteroatoms. The van der Waals surface area contributed by atoms with E-state index in [4.69, 9.17) is 14.9 Å². The maximum absolute atomic E-state index is 8.39. The number of hydrogen-bond donors (Lipinski definition) is 2. The van der Waals surface area contributed by atoms with Crippen molar-refractivity contribution in [3.8, 4) is 0 Å². The highest BCUT2D eigenvalue weighted by Crippen LogP contribution is 1.94. The molecule has 2 N–H and O–H groups in total. The van der Waals surface area contributed by atoms with Crippen LogP contribution in [0.3, 0.4) is 0 Å². The molecule has 0 aliphatic carbocycles. The van der Waals surface area contributed by atoms with Gasteiger partial charge in [0.25, 0.3) is 0 Å². The van der Waals surface area contributed by atoms with Gasteiger partial charge >= 0.3 is 0 Å². The van der Waals surface area contributed by atoms with E-state index in [1.54, 1.807) is 0 Å². The largest absolute Gasteiger partial charge is 0.396 e. The molecule has 9 heavy (non-hydrogen) atoms. The van der Waals surface area contributed by atoms with Crippen LogP contribution in [0.5, 0.6) is 0 Å². The second kappa shape index (κ2) is 6.01. The van der Waals surface area contributed by atoms with Gasteiger partial charge in [-0.05, 0) is 13.3 Å². The third kappa shape index (κ3) is 5.76. The fourth-order valence-corrected chi connectivity index (χ4v) is 0.519. The summed E-state index contributed by atoms with van der Waals surface area (Å²) in [6, 6.07) is 0. The van der Waals surface area contributed by atoms with Crippen LogP contribution in [-0.4, -0.2) is 36.1 Å². The Bertz CT molecular complexity index is 56.3. The molecule has 0 aromatic heterocycles. The Labute approximate surface area is 55.3 Å². The number of rotatable bonds is 5. The van der Waals surface area contributed by atoms with Crippen molar-refractivity contribution in [1.29, 1.82) is 0 Å². The van der Waals surface area contributed by atoms with E-state index in [1.165, 1.54) is 0 Å². The van der Waals surface area contributed by atoms with Crippen LogP contribution in [0.15, 0.2) is 0 Å². The first kappa shape index (κ1) is 8.88. The molecule has 0 bridgehead atoms. The molecule has 0 saturated heterocycles. The van der Waals surface area contributed by atoms with E-state index in [-0.39, 0.29) is 19.3 Å². The molecule has 0 aromatic carbocycles. The fourth-order valence-electron chi connectivity index (χ4n) is 0.519. The molecule has 0 unspecified atom stereocenters. The number of ether oxygens (including phenoxy) is 1. The van der Waals surface area contributed by atoms with Crippen LogP contribution in [0, 0.1) is 0 Å². The first-order valence-electron chi connectivity index (χ1n) is 3.14. The lowest BCUT2D eigenvalue weighted by molar-refractivity contribution is 0.0258. The van der Waals surface area contributed by atoms with E-state index < -0.39 is 0 Å². The third-order valence-electron chi connectivity index (χ3n) is 1.03. The van der Waals surface area contributed by atoms with Gasteiger partial charge in [0.1, 0.15) is 0 Å². The van der Waals surface area contributed by atoms with Crippen LogP contribution in [0.4, 0.5) is 0 Å². The molecular formula is C6H14O3. The average molecular weight is 134 g/mol. The minimum absolute atomic E-state index is 0.0514. The van der Waals surface area contributed by atoms with Crippen LogP contribution < -0.4 is 0 Å². The summed E-state index contributed by atoms with van der Waals surface area (Å²) in [6.07, 6.45) is 0.696. The molecule has 0 amide bonds. The van der Waals surface area contributed by atoms with Crippen molar-refractivity contribution in [2.45, 2.75) is 19.4 Å². The number of aliphatic hydroxyl groups is 2. The van der Waals surface area contributed by atoms with E-state index in [9.17, 15) is 0 Å². The second-order valence-electron chi connectivity index (χ2n) is 1.92. The minimum Gasteiger partial charge on any atom is -0.396 e. The van der Waals surface area contributed by atoms with Crippen molar-refractivity contribution in [2.75, 3.05) is 19.8 Å². The Morgan fingerprint density at radius 1 is 1.33 bits per heavy atom. The quantitative estimate of drug-likeness (QED) is 0.546. The Morgan fingerprint density at radius 2 is 2.00 bits per heavy atom. The molecule has 0 spiro atoms. The summed E-state index contributed by atoms with van der Waals surface area (Å²) < 4.78 is 5.02. The van der Waals surface area contributed by atoms with Gasteiger partial charge in [0.2, 0.25) is 0 Å². The maximum Gasteiger partial charge on any atom is 0.0701 e.